The molecule has 0 aliphatic carbocycles. The lowest BCUT2D eigenvalue weighted by atomic mass is 9.90. The molecule has 2 heterocycles. The van der Waals surface area contributed by atoms with E-state index in [0.717, 1.165) is 5.56 Å². The molecule has 0 saturated carbocycles. The van der Waals surface area contributed by atoms with Crippen molar-refractivity contribution in [1.29, 1.82) is 0 Å². The van der Waals surface area contributed by atoms with Crippen molar-refractivity contribution >= 4 is 55.3 Å². The number of carbonyl (C=O) groups is 3. The van der Waals surface area contributed by atoms with Gasteiger partial charge in [0, 0.05) is 30.9 Å². The van der Waals surface area contributed by atoms with Crippen molar-refractivity contribution in [2.75, 3.05) is 5.75 Å². The van der Waals surface area contributed by atoms with Crippen molar-refractivity contribution in [2.45, 2.75) is 83.3 Å². The zero-order chi connectivity index (χ0) is 32.9. The molecule has 0 spiro atoms. The van der Waals surface area contributed by atoms with Crippen LogP contribution in [0.5, 0.6) is 0 Å². The number of ether oxygens (including phenoxy) is 1. The Morgan fingerprint density at radius 3 is 2.38 bits per heavy atom. The van der Waals surface area contributed by atoms with Crippen molar-refractivity contribution in [3.8, 4) is 0 Å². The first kappa shape index (κ1) is 34.7. The third-order valence-electron chi connectivity index (χ3n) is 8.41. The normalized spacial score (nSPS) is 18.7. The van der Waals surface area contributed by atoms with Crippen molar-refractivity contribution in [1.82, 2.24) is 10.2 Å². The highest BCUT2D eigenvalue weighted by atomic mass is 32.2. The van der Waals surface area contributed by atoms with Crippen LogP contribution in [0.1, 0.15) is 51.7 Å². The number of non-ortho nitro benzene ring substituents is 1. The van der Waals surface area contributed by atoms with Crippen LogP contribution >= 0.6 is 23.5 Å². The summed E-state index contributed by atoms with van der Waals surface area (Å²) in [6, 6.07) is 15.4. The number of amides is 2. The number of hydrogen-bond donors (Lipinski definition) is 1. The third kappa shape index (κ3) is 8.18. The Kier molecular flexibility index (Phi) is 11.2. The quantitative estimate of drug-likeness (QED) is 0.0779. The van der Waals surface area contributed by atoms with Crippen molar-refractivity contribution in [3.05, 3.63) is 85.8 Å². The van der Waals surface area contributed by atoms with Gasteiger partial charge >= 0.3 is 5.97 Å². The zero-order valence-electron chi connectivity index (χ0n) is 26.5. The number of nitro benzene ring substituents is 1. The molecule has 2 amide bonds. The molecule has 242 valence electrons. The topological polar surface area (TPSA) is 128 Å². The summed E-state index contributed by atoms with van der Waals surface area (Å²) < 4.78 is 13.0. The summed E-state index contributed by atoms with van der Waals surface area (Å²) in [4.78, 5) is 51.7. The van der Waals surface area contributed by atoms with Crippen molar-refractivity contribution in [3.63, 3.8) is 0 Å². The lowest BCUT2D eigenvalue weighted by Gasteiger charge is -2.48. The van der Waals surface area contributed by atoms with E-state index in [0.29, 0.717) is 28.5 Å². The molecule has 4 rings (SSSR count). The van der Waals surface area contributed by atoms with Crippen LogP contribution in [0.3, 0.4) is 0 Å². The van der Waals surface area contributed by atoms with Crippen LogP contribution < -0.4 is 5.32 Å². The second-order valence-electron chi connectivity index (χ2n) is 12.6. The van der Waals surface area contributed by atoms with Gasteiger partial charge in [0.1, 0.15) is 12.0 Å². The molecule has 13 heteroatoms. The highest BCUT2D eigenvalue weighted by molar-refractivity contribution is 8.22. The Balaban J connectivity index is 1.46. The van der Waals surface area contributed by atoms with Gasteiger partial charge in [0.25, 0.3) is 5.69 Å². The Labute approximate surface area is 274 Å². The fourth-order valence-electron chi connectivity index (χ4n) is 4.76. The van der Waals surface area contributed by atoms with Gasteiger partial charge in [-0.3, -0.25) is 24.6 Å². The minimum absolute atomic E-state index is 0.0249. The van der Waals surface area contributed by atoms with E-state index in [1.165, 1.54) is 52.7 Å². The minimum atomic E-state index is -2.17. The van der Waals surface area contributed by atoms with Gasteiger partial charge in [0.2, 0.25) is 11.8 Å². The van der Waals surface area contributed by atoms with Crippen molar-refractivity contribution in [2.24, 2.45) is 5.92 Å². The third-order valence-corrected chi connectivity index (χ3v) is 15.6. The second kappa shape index (κ2) is 14.5. The van der Waals surface area contributed by atoms with E-state index in [1.807, 2.05) is 37.3 Å². The van der Waals surface area contributed by atoms with Gasteiger partial charge in [0.05, 0.1) is 21.2 Å². The molecule has 1 N–H and O–H groups in total. The summed E-state index contributed by atoms with van der Waals surface area (Å²) in [5, 5.41) is 13.6. The molecule has 3 atom stereocenters. The molecule has 2 aromatic rings. The second-order valence-corrected chi connectivity index (χ2v) is 19.8. The number of thioether (sulfide) groups is 2. The molecule has 45 heavy (non-hydrogen) atoms. The van der Waals surface area contributed by atoms with Gasteiger partial charge < -0.3 is 14.5 Å². The molecular formula is C32H41N3O7S2Si. The molecule has 0 bridgehead atoms. The monoisotopic (exact) mass is 671 g/mol. The Morgan fingerprint density at radius 1 is 1.11 bits per heavy atom. The number of nitrogens with zero attached hydrogens (tertiary/aromatic N) is 2. The molecule has 2 aliphatic heterocycles. The standard InChI is InChI=1S/C32H41N3O7S2Si/c1-7-24(42-45(5,6)32(2,3)4)26-28(37)34-27(30(38)41-20-22-13-15-23(16-14-22)35(39)40)31(44-29(26)34)43-18-17-25(36)33-19-21-11-9-8-10-12-21/h8-16,24,26,29H,7,17-20H2,1-6H3,(H,33,36)/t24-,26+,29+/m0/s1. The summed E-state index contributed by atoms with van der Waals surface area (Å²) in [5.41, 5.74) is 1.72. The van der Waals surface area contributed by atoms with E-state index in [2.05, 4.69) is 39.2 Å². The molecule has 2 aromatic carbocycles. The zero-order valence-corrected chi connectivity index (χ0v) is 29.2. The van der Waals surface area contributed by atoms with E-state index in [4.69, 9.17) is 9.16 Å². The van der Waals surface area contributed by atoms with E-state index in [9.17, 15) is 24.5 Å². The fraction of sp³-hybridized carbons (Fsp3) is 0.469. The Morgan fingerprint density at radius 2 is 1.78 bits per heavy atom. The number of carbonyl (C=O) groups excluding carboxylic acids is 3. The predicted octanol–water partition coefficient (Wildman–Crippen LogP) is 6.58. The Hall–Kier alpha value is -3.13. The molecule has 1 fully saturated rings. The van der Waals surface area contributed by atoms with Gasteiger partial charge in [0.15, 0.2) is 14.0 Å². The van der Waals surface area contributed by atoms with Gasteiger partial charge in [-0.25, -0.2) is 4.79 Å². The van der Waals surface area contributed by atoms with Gasteiger partial charge in [-0.2, -0.15) is 0 Å². The van der Waals surface area contributed by atoms with Crippen LogP contribution in [0.4, 0.5) is 5.69 Å². The van der Waals surface area contributed by atoms with E-state index < -0.39 is 25.1 Å². The number of nitrogens with one attached hydrogen (secondary N) is 1. The van der Waals surface area contributed by atoms with Gasteiger partial charge in [-0.15, -0.1) is 11.8 Å². The predicted molar refractivity (Wildman–Crippen MR) is 179 cm³/mol. The van der Waals surface area contributed by atoms with E-state index in [-0.39, 0.29) is 52.7 Å². The Bertz CT molecular complexity index is 1440. The fourth-order valence-corrected chi connectivity index (χ4v) is 9.06. The van der Waals surface area contributed by atoms with Gasteiger partial charge in [-0.05, 0) is 47.8 Å². The number of β-lactam (4-membered cyclic amide) rings is 1. The summed E-state index contributed by atoms with van der Waals surface area (Å²) in [6.07, 6.45) is 0.621. The van der Waals surface area contributed by atoms with Crippen LogP contribution in [0.2, 0.25) is 18.1 Å². The molecule has 1 saturated heterocycles. The maximum absolute atomic E-state index is 13.7. The molecule has 0 radical (unpaired) electrons. The van der Waals surface area contributed by atoms with Crippen LogP contribution in [0.25, 0.3) is 0 Å². The SMILES string of the molecule is CC[C@H](O[Si](C)(C)C(C)(C)C)[C@@H]1C(=O)N2C(C(=O)OCc3ccc([N+](=O)[O-])cc3)=C(SCCC(=O)NCc3ccccc3)S[C@H]12. The number of benzene rings is 2. The largest absolute Gasteiger partial charge is 0.456 e. The van der Waals surface area contributed by atoms with Crippen LogP contribution in [-0.4, -0.2) is 53.2 Å². The molecule has 0 unspecified atom stereocenters. The maximum atomic E-state index is 13.7. The molecule has 10 nitrogen and oxygen atoms in total. The first-order valence-corrected chi connectivity index (χ1v) is 19.8. The lowest BCUT2D eigenvalue weighted by Crippen LogP contribution is -2.63. The maximum Gasteiger partial charge on any atom is 0.357 e. The highest BCUT2D eigenvalue weighted by Gasteiger charge is 2.59. The first-order valence-electron chi connectivity index (χ1n) is 15.0. The number of fused-ring (bicyclic) bond motifs is 1. The van der Waals surface area contributed by atoms with Gasteiger partial charge in [-0.1, -0.05) is 69.8 Å². The van der Waals surface area contributed by atoms with Crippen LogP contribution in [0.15, 0.2) is 64.5 Å². The van der Waals surface area contributed by atoms with Crippen LogP contribution in [0, 0.1) is 16.0 Å². The number of esters is 1. The smallest absolute Gasteiger partial charge is 0.357 e. The summed E-state index contributed by atoms with van der Waals surface area (Å²) in [6.45, 7) is 13.2. The molecule has 2 aliphatic rings. The van der Waals surface area contributed by atoms with E-state index in [1.54, 1.807) is 0 Å². The average Bonchev–Trinajstić information content (AvgIpc) is 3.32. The summed E-state index contributed by atoms with van der Waals surface area (Å²) in [7, 11) is -2.17. The van der Waals surface area contributed by atoms with E-state index >= 15 is 0 Å². The minimum Gasteiger partial charge on any atom is -0.456 e. The highest BCUT2D eigenvalue weighted by Crippen LogP contribution is 2.55. The molecule has 0 aromatic heterocycles. The number of nitro groups is 1. The summed E-state index contributed by atoms with van der Waals surface area (Å²) in [5.74, 6) is -0.914. The lowest BCUT2D eigenvalue weighted by molar-refractivity contribution is -0.384. The first-order chi connectivity index (χ1) is 21.2. The van der Waals surface area contributed by atoms with Crippen molar-refractivity contribution < 1.29 is 28.5 Å². The van der Waals surface area contributed by atoms with Crippen LogP contribution in [-0.2, 0) is 36.7 Å². The average molecular weight is 672 g/mol. The number of rotatable bonds is 14. The number of hydrogen-bond acceptors (Lipinski definition) is 9. The summed E-state index contributed by atoms with van der Waals surface area (Å²) >= 11 is 2.82. The molecular weight excluding hydrogens is 631 g/mol.